The van der Waals surface area contributed by atoms with Crippen molar-refractivity contribution in [2.75, 3.05) is 10.2 Å². The highest BCUT2D eigenvalue weighted by Gasteiger charge is 2.24. The fraction of sp³-hybridized carbons (Fsp3) is 0.231. The summed E-state index contributed by atoms with van der Waals surface area (Å²) in [4.78, 5) is 27.0. The van der Waals surface area contributed by atoms with Gasteiger partial charge in [0.2, 0.25) is 5.91 Å². The molecule has 152 valence electrons. The molecule has 3 aromatic carbocycles. The van der Waals surface area contributed by atoms with Crippen LogP contribution in [0.25, 0.3) is 0 Å². The first-order valence-corrected chi connectivity index (χ1v) is 10.5. The molecule has 0 saturated heterocycles. The lowest BCUT2D eigenvalue weighted by Gasteiger charge is -2.30. The summed E-state index contributed by atoms with van der Waals surface area (Å²) in [6, 6.07) is 23.6. The zero-order valence-electron chi connectivity index (χ0n) is 17.2. The first-order valence-electron chi connectivity index (χ1n) is 10.5. The average Bonchev–Trinajstić information content (AvgIpc) is 2.77. The van der Waals surface area contributed by atoms with Crippen LogP contribution in [-0.2, 0) is 24.2 Å². The van der Waals surface area contributed by atoms with E-state index in [1.165, 1.54) is 5.56 Å². The minimum absolute atomic E-state index is 0.119. The molecule has 0 spiro atoms. The van der Waals surface area contributed by atoms with Crippen LogP contribution in [0.15, 0.2) is 72.8 Å². The maximum absolute atomic E-state index is 12.6. The van der Waals surface area contributed by atoms with Gasteiger partial charge in [-0.15, -0.1) is 0 Å². The van der Waals surface area contributed by atoms with Crippen LogP contribution in [0, 0.1) is 0 Å². The van der Waals surface area contributed by atoms with Crippen molar-refractivity contribution in [2.24, 2.45) is 0 Å². The molecule has 3 aromatic rings. The Kier molecular flexibility index (Phi) is 5.94. The second-order valence-corrected chi connectivity index (χ2v) is 7.71. The maximum Gasteiger partial charge on any atom is 0.255 e. The monoisotopic (exact) mass is 398 g/mol. The second kappa shape index (κ2) is 8.95. The van der Waals surface area contributed by atoms with Gasteiger partial charge >= 0.3 is 0 Å². The molecular weight excluding hydrogens is 372 g/mol. The standard InChI is InChI=1S/C26H26N2O2/c1-2-6-19-9-11-21(12-10-19)26(30)27-23-14-15-24-22(17-23)13-16-25(29)28(24)18-20-7-4-3-5-8-20/h3-5,7-12,14-15,17H,2,6,13,16,18H2,1H3,(H,27,30). The molecule has 0 radical (unpaired) electrons. The van der Waals surface area contributed by atoms with Gasteiger partial charge in [-0.3, -0.25) is 9.59 Å². The zero-order chi connectivity index (χ0) is 20.9. The molecule has 1 N–H and O–H groups in total. The fourth-order valence-electron chi connectivity index (χ4n) is 3.89. The topological polar surface area (TPSA) is 49.4 Å². The summed E-state index contributed by atoms with van der Waals surface area (Å²) in [6.07, 6.45) is 3.28. The van der Waals surface area contributed by atoms with Gasteiger partial charge < -0.3 is 10.2 Å². The number of rotatable bonds is 6. The number of carbonyl (C=O) groups excluding carboxylic acids is 2. The van der Waals surface area contributed by atoms with E-state index in [1.54, 1.807) is 0 Å². The van der Waals surface area contributed by atoms with E-state index in [2.05, 4.69) is 12.2 Å². The Hall–Kier alpha value is -3.40. The van der Waals surface area contributed by atoms with Gasteiger partial charge in [0.05, 0.1) is 6.54 Å². The molecule has 1 aliphatic heterocycles. The smallest absolute Gasteiger partial charge is 0.255 e. The van der Waals surface area contributed by atoms with E-state index in [9.17, 15) is 9.59 Å². The molecular formula is C26H26N2O2. The highest BCUT2D eigenvalue weighted by Crippen LogP contribution is 2.31. The molecule has 0 aliphatic carbocycles. The number of aryl methyl sites for hydroxylation is 2. The third-order valence-electron chi connectivity index (χ3n) is 5.48. The molecule has 0 bridgehead atoms. The van der Waals surface area contributed by atoms with Crippen molar-refractivity contribution in [3.05, 3.63) is 95.1 Å². The predicted molar refractivity (Wildman–Crippen MR) is 121 cm³/mol. The molecule has 4 heteroatoms. The summed E-state index contributed by atoms with van der Waals surface area (Å²) in [5, 5.41) is 2.99. The van der Waals surface area contributed by atoms with Gasteiger partial charge in [0.1, 0.15) is 0 Å². The van der Waals surface area contributed by atoms with Crippen LogP contribution < -0.4 is 10.2 Å². The summed E-state index contributed by atoms with van der Waals surface area (Å²) in [5.41, 5.74) is 5.76. The number of nitrogens with zero attached hydrogens (tertiary/aromatic N) is 1. The molecule has 0 aromatic heterocycles. The summed E-state index contributed by atoms with van der Waals surface area (Å²) in [5.74, 6) is 0.0151. The molecule has 0 unspecified atom stereocenters. The van der Waals surface area contributed by atoms with Gasteiger partial charge in [0.15, 0.2) is 0 Å². The first kappa shape index (κ1) is 19.9. The van der Waals surface area contributed by atoms with Gasteiger partial charge in [0.25, 0.3) is 5.91 Å². The van der Waals surface area contributed by atoms with Gasteiger partial charge in [-0.1, -0.05) is 55.8 Å². The van der Waals surface area contributed by atoms with Crippen molar-refractivity contribution < 1.29 is 9.59 Å². The van der Waals surface area contributed by atoms with Crippen molar-refractivity contribution in [1.29, 1.82) is 0 Å². The number of hydrogen-bond acceptors (Lipinski definition) is 2. The van der Waals surface area contributed by atoms with E-state index in [0.29, 0.717) is 24.9 Å². The molecule has 4 nitrogen and oxygen atoms in total. The Bertz CT molecular complexity index is 1040. The predicted octanol–water partition coefficient (Wildman–Crippen LogP) is 5.37. The van der Waals surface area contributed by atoms with Crippen molar-refractivity contribution in [1.82, 2.24) is 0 Å². The molecule has 0 fully saturated rings. The average molecular weight is 399 g/mol. The number of anilines is 2. The highest BCUT2D eigenvalue weighted by molar-refractivity contribution is 6.04. The van der Waals surface area contributed by atoms with E-state index in [-0.39, 0.29) is 11.8 Å². The molecule has 4 rings (SSSR count). The molecule has 2 amide bonds. The van der Waals surface area contributed by atoms with E-state index < -0.39 is 0 Å². The normalized spacial score (nSPS) is 13.1. The third-order valence-corrected chi connectivity index (χ3v) is 5.48. The van der Waals surface area contributed by atoms with Crippen LogP contribution >= 0.6 is 0 Å². The van der Waals surface area contributed by atoms with E-state index in [4.69, 9.17) is 0 Å². The summed E-state index contributed by atoms with van der Waals surface area (Å²) >= 11 is 0. The lowest BCUT2D eigenvalue weighted by Crippen LogP contribution is -2.34. The maximum atomic E-state index is 12.6. The van der Waals surface area contributed by atoms with Crippen LogP contribution in [0.2, 0.25) is 0 Å². The number of hydrogen-bond donors (Lipinski definition) is 1. The van der Waals surface area contributed by atoms with Gasteiger partial charge in [0, 0.05) is 23.4 Å². The van der Waals surface area contributed by atoms with E-state index in [1.807, 2.05) is 77.7 Å². The highest BCUT2D eigenvalue weighted by atomic mass is 16.2. The van der Waals surface area contributed by atoms with Gasteiger partial charge in [-0.05, 0) is 59.9 Å². The number of carbonyl (C=O) groups is 2. The van der Waals surface area contributed by atoms with Crippen LogP contribution in [0.1, 0.15) is 46.8 Å². The van der Waals surface area contributed by atoms with Crippen LogP contribution in [0.3, 0.4) is 0 Å². The lowest BCUT2D eigenvalue weighted by molar-refractivity contribution is -0.119. The van der Waals surface area contributed by atoms with Gasteiger partial charge in [-0.2, -0.15) is 0 Å². The Morgan fingerprint density at radius 3 is 2.43 bits per heavy atom. The summed E-state index contributed by atoms with van der Waals surface area (Å²) < 4.78 is 0. The summed E-state index contributed by atoms with van der Waals surface area (Å²) in [6.45, 7) is 2.70. The second-order valence-electron chi connectivity index (χ2n) is 7.71. The molecule has 1 heterocycles. The van der Waals surface area contributed by atoms with E-state index >= 15 is 0 Å². The Morgan fingerprint density at radius 2 is 1.70 bits per heavy atom. The SMILES string of the molecule is CCCc1ccc(C(=O)Nc2ccc3c(c2)CCC(=O)N3Cc2ccccc2)cc1. The minimum atomic E-state index is -0.119. The molecule has 1 aliphatic rings. The first-order chi connectivity index (χ1) is 14.6. The largest absolute Gasteiger partial charge is 0.322 e. The molecule has 30 heavy (non-hydrogen) atoms. The van der Waals surface area contributed by atoms with Gasteiger partial charge in [-0.25, -0.2) is 0 Å². The number of nitrogens with one attached hydrogen (secondary N) is 1. The van der Waals surface area contributed by atoms with Crippen LogP contribution in [-0.4, -0.2) is 11.8 Å². The summed E-state index contributed by atoms with van der Waals surface area (Å²) in [7, 11) is 0. The fourth-order valence-corrected chi connectivity index (χ4v) is 3.89. The zero-order valence-corrected chi connectivity index (χ0v) is 17.2. The Labute approximate surface area is 177 Å². The van der Waals surface area contributed by atoms with Crippen LogP contribution in [0.4, 0.5) is 11.4 Å². The van der Waals surface area contributed by atoms with Crippen molar-refractivity contribution in [2.45, 2.75) is 39.2 Å². The van der Waals surface area contributed by atoms with Crippen molar-refractivity contribution in [3.8, 4) is 0 Å². The van der Waals surface area contributed by atoms with Crippen molar-refractivity contribution >= 4 is 23.2 Å². The molecule has 0 saturated carbocycles. The minimum Gasteiger partial charge on any atom is -0.322 e. The Balaban J connectivity index is 1.50. The van der Waals surface area contributed by atoms with E-state index in [0.717, 1.165) is 35.3 Å². The Morgan fingerprint density at radius 1 is 0.933 bits per heavy atom. The number of amides is 2. The lowest BCUT2D eigenvalue weighted by atomic mass is 9.99. The van der Waals surface area contributed by atoms with Crippen molar-refractivity contribution in [3.63, 3.8) is 0 Å². The third kappa shape index (κ3) is 4.43. The quantitative estimate of drug-likeness (QED) is 0.607. The molecule has 0 atom stereocenters. The number of fused-ring (bicyclic) bond motifs is 1. The number of benzene rings is 3. The van der Waals surface area contributed by atoms with Crippen LogP contribution in [0.5, 0.6) is 0 Å².